The third kappa shape index (κ3) is 2.66. The van der Waals surface area contributed by atoms with E-state index in [-0.39, 0.29) is 5.76 Å². The quantitative estimate of drug-likeness (QED) is 0.694. The van der Waals surface area contributed by atoms with Crippen LogP contribution < -0.4 is 0 Å². The lowest BCUT2D eigenvalue weighted by Gasteiger charge is -1.99. The van der Waals surface area contributed by atoms with Crippen LogP contribution in [0.1, 0.15) is 5.56 Å². The molecule has 0 radical (unpaired) electrons. The molecule has 1 N–H and O–H groups in total. The summed E-state index contributed by atoms with van der Waals surface area (Å²) < 4.78 is 4.66. The Labute approximate surface area is 72.1 Å². The predicted molar refractivity (Wildman–Crippen MR) is 47.9 cm³/mol. The van der Waals surface area contributed by atoms with Crippen molar-refractivity contribution in [2.24, 2.45) is 0 Å². The van der Waals surface area contributed by atoms with Crippen molar-refractivity contribution in [2.75, 3.05) is 7.11 Å². The molecule has 0 saturated heterocycles. The average molecular weight is 164 g/mol. The molecule has 1 aromatic rings. The van der Waals surface area contributed by atoms with E-state index in [2.05, 4.69) is 4.74 Å². The summed E-state index contributed by atoms with van der Waals surface area (Å²) in [5, 5.41) is 9.24. The maximum absolute atomic E-state index is 9.24. The van der Waals surface area contributed by atoms with Gasteiger partial charge in [0.1, 0.15) is 12.0 Å². The third-order valence-electron chi connectivity index (χ3n) is 1.48. The number of benzene rings is 1. The summed E-state index contributed by atoms with van der Waals surface area (Å²) in [4.78, 5) is 0. The van der Waals surface area contributed by atoms with Gasteiger partial charge in [-0.05, 0) is 5.56 Å². The largest absolute Gasteiger partial charge is 0.509 e. The zero-order chi connectivity index (χ0) is 8.81. The topological polar surface area (TPSA) is 29.5 Å². The van der Waals surface area contributed by atoms with Crippen LogP contribution in [0.2, 0.25) is 0 Å². The van der Waals surface area contributed by atoms with Gasteiger partial charge in [-0.1, -0.05) is 30.3 Å². The van der Waals surface area contributed by atoms with Crippen molar-refractivity contribution in [1.82, 2.24) is 0 Å². The first-order chi connectivity index (χ1) is 5.83. The predicted octanol–water partition coefficient (Wildman–Crippen LogP) is 2.27. The standard InChI is InChI=1S/C10H12O2/c1-12-8-10(11)7-9-5-3-2-4-6-9/h2-6,8,11H,7H2,1H3. The lowest BCUT2D eigenvalue weighted by atomic mass is 10.1. The lowest BCUT2D eigenvalue weighted by molar-refractivity contribution is 0.293. The second kappa shape index (κ2) is 4.44. The van der Waals surface area contributed by atoms with Crippen LogP contribution in [-0.4, -0.2) is 12.2 Å². The minimum absolute atomic E-state index is 0.240. The fraction of sp³-hybridized carbons (Fsp3) is 0.200. The normalized spacial score (nSPS) is 11.2. The Morgan fingerprint density at radius 1 is 1.42 bits per heavy atom. The molecule has 1 aromatic carbocycles. The molecule has 2 heteroatoms. The molecule has 0 aromatic heterocycles. The van der Waals surface area contributed by atoms with Crippen LogP contribution in [0.5, 0.6) is 0 Å². The van der Waals surface area contributed by atoms with Crippen LogP contribution >= 0.6 is 0 Å². The van der Waals surface area contributed by atoms with E-state index >= 15 is 0 Å². The van der Waals surface area contributed by atoms with E-state index in [1.807, 2.05) is 30.3 Å². The summed E-state index contributed by atoms with van der Waals surface area (Å²) in [7, 11) is 1.52. The number of aliphatic hydroxyl groups is 1. The summed E-state index contributed by atoms with van der Waals surface area (Å²) in [5.41, 5.74) is 1.07. The highest BCUT2D eigenvalue weighted by Crippen LogP contribution is 2.04. The molecule has 0 saturated carbocycles. The summed E-state index contributed by atoms with van der Waals surface area (Å²) in [6, 6.07) is 9.74. The van der Waals surface area contributed by atoms with E-state index in [1.54, 1.807) is 0 Å². The maximum atomic E-state index is 9.24. The molecule has 0 aliphatic carbocycles. The van der Waals surface area contributed by atoms with Gasteiger partial charge in [-0.25, -0.2) is 0 Å². The Morgan fingerprint density at radius 2 is 2.08 bits per heavy atom. The zero-order valence-corrected chi connectivity index (χ0v) is 7.03. The van der Waals surface area contributed by atoms with Crippen LogP contribution in [0.25, 0.3) is 0 Å². The van der Waals surface area contributed by atoms with Gasteiger partial charge in [0.05, 0.1) is 7.11 Å². The molecule has 0 bridgehead atoms. The molecule has 0 fully saturated rings. The van der Waals surface area contributed by atoms with Gasteiger partial charge in [0.15, 0.2) is 0 Å². The molecule has 0 atom stereocenters. The van der Waals surface area contributed by atoms with E-state index in [9.17, 15) is 5.11 Å². The van der Waals surface area contributed by atoms with Crippen LogP contribution in [0.4, 0.5) is 0 Å². The first kappa shape index (κ1) is 8.65. The van der Waals surface area contributed by atoms with E-state index in [4.69, 9.17) is 0 Å². The highest BCUT2D eigenvalue weighted by molar-refractivity contribution is 5.18. The summed E-state index contributed by atoms with van der Waals surface area (Å²) in [5.74, 6) is 0.240. The fourth-order valence-corrected chi connectivity index (χ4v) is 0.983. The van der Waals surface area contributed by atoms with Gasteiger partial charge in [-0.15, -0.1) is 0 Å². The Kier molecular flexibility index (Phi) is 3.20. The number of ether oxygens (including phenoxy) is 1. The van der Waals surface area contributed by atoms with Crippen molar-refractivity contribution < 1.29 is 9.84 Å². The zero-order valence-electron chi connectivity index (χ0n) is 7.03. The molecule has 2 nitrogen and oxygen atoms in total. The van der Waals surface area contributed by atoms with Gasteiger partial charge in [0.25, 0.3) is 0 Å². The number of rotatable bonds is 3. The molecule has 12 heavy (non-hydrogen) atoms. The number of hydrogen-bond donors (Lipinski definition) is 1. The minimum Gasteiger partial charge on any atom is -0.509 e. The molecule has 64 valence electrons. The monoisotopic (exact) mass is 164 g/mol. The second-order valence-electron chi connectivity index (χ2n) is 2.51. The Bertz CT molecular complexity index is 252. The summed E-state index contributed by atoms with van der Waals surface area (Å²) in [6.07, 6.45) is 1.86. The van der Waals surface area contributed by atoms with Crippen LogP contribution in [0.15, 0.2) is 42.4 Å². The van der Waals surface area contributed by atoms with Gasteiger partial charge >= 0.3 is 0 Å². The third-order valence-corrected chi connectivity index (χ3v) is 1.48. The van der Waals surface area contributed by atoms with Gasteiger partial charge in [0.2, 0.25) is 0 Å². The van der Waals surface area contributed by atoms with E-state index < -0.39 is 0 Å². The lowest BCUT2D eigenvalue weighted by Crippen LogP contribution is -1.89. The average Bonchev–Trinajstić information content (AvgIpc) is 2.06. The van der Waals surface area contributed by atoms with Crippen molar-refractivity contribution >= 4 is 0 Å². The molecule has 1 rings (SSSR count). The van der Waals surface area contributed by atoms with Crippen LogP contribution in [-0.2, 0) is 11.2 Å². The maximum Gasteiger partial charge on any atom is 0.131 e. The molecule has 0 amide bonds. The minimum atomic E-state index is 0.240. The summed E-state index contributed by atoms with van der Waals surface area (Å²) in [6.45, 7) is 0. The highest BCUT2D eigenvalue weighted by Gasteiger charge is 1.94. The molecular weight excluding hydrogens is 152 g/mol. The molecular formula is C10H12O2. The number of hydrogen-bond acceptors (Lipinski definition) is 2. The smallest absolute Gasteiger partial charge is 0.131 e. The Hall–Kier alpha value is -1.44. The van der Waals surface area contributed by atoms with E-state index in [1.165, 1.54) is 13.4 Å². The van der Waals surface area contributed by atoms with E-state index in [0.717, 1.165) is 5.56 Å². The molecule has 0 spiro atoms. The molecule has 0 aliphatic rings. The second-order valence-corrected chi connectivity index (χ2v) is 2.51. The van der Waals surface area contributed by atoms with Crippen molar-refractivity contribution in [2.45, 2.75) is 6.42 Å². The van der Waals surface area contributed by atoms with Crippen LogP contribution in [0.3, 0.4) is 0 Å². The molecule has 0 unspecified atom stereocenters. The summed E-state index contributed by atoms with van der Waals surface area (Å²) >= 11 is 0. The number of methoxy groups -OCH3 is 1. The Balaban J connectivity index is 2.58. The molecule has 0 aliphatic heterocycles. The highest BCUT2D eigenvalue weighted by atomic mass is 16.5. The SMILES string of the molecule is COC=C(O)Cc1ccccc1. The van der Waals surface area contributed by atoms with E-state index in [0.29, 0.717) is 6.42 Å². The van der Waals surface area contributed by atoms with Gasteiger partial charge < -0.3 is 9.84 Å². The van der Waals surface area contributed by atoms with Crippen molar-refractivity contribution in [3.05, 3.63) is 47.9 Å². The van der Waals surface area contributed by atoms with Crippen molar-refractivity contribution in [3.63, 3.8) is 0 Å². The van der Waals surface area contributed by atoms with Gasteiger partial charge in [0, 0.05) is 6.42 Å². The first-order valence-electron chi connectivity index (χ1n) is 3.77. The van der Waals surface area contributed by atoms with Gasteiger partial charge in [-0.3, -0.25) is 0 Å². The Morgan fingerprint density at radius 3 is 2.67 bits per heavy atom. The van der Waals surface area contributed by atoms with Gasteiger partial charge in [-0.2, -0.15) is 0 Å². The van der Waals surface area contributed by atoms with Crippen molar-refractivity contribution in [1.29, 1.82) is 0 Å². The fourth-order valence-electron chi connectivity index (χ4n) is 0.983. The van der Waals surface area contributed by atoms with Crippen molar-refractivity contribution in [3.8, 4) is 0 Å². The first-order valence-corrected chi connectivity index (χ1v) is 3.77. The molecule has 0 heterocycles. The number of allylic oxidation sites excluding steroid dienone is 1. The number of aliphatic hydroxyl groups excluding tert-OH is 1. The van der Waals surface area contributed by atoms with Crippen LogP contribution in [0, 0.1) is 0 Å².